The van der Waals surface area contributed by atoms with E-state index in [-0.39, 0.29) is 0 Å². The second kappa shape index (κ2) is 5.41. The minimum atomic E-state index is -0.908. The van der Waals surface area contributed by atoms with Crippen molar-refractivity contribution in [3.05, 3.63) is 17.5 Å². The smallest absolute Gasteiger partial charge is 0.0909 e. The fourth-order valence-electron chi connectivity index (χ4n) is 2.92. The molecule has 0 saturated heterocycles. The predicted octanol–water partition coefficient (Wildman–Crippen LogP) is 1.72. The zero-order valence-corrected chi connectivity index (χ0v) is 11.4. The zero-order valence-electron chi connectivity index (χ0n) is 11.4. The van der Waals surface area contributed by atoms with Crippen molar-refractivity contribution in [1.29, 1.82) is 0 Å². The molecule has 2 rings (SSSR count). The number of aliphatic hydroxyl groups is 2. The van der Waals surface area contributed by atoms with Gasteiger partial charge in [-0.3, -0.25) is 4.68 Å². The minimum Gasteiger partial charge on any atom is -0.390 e. The molecule has 4 nitrogen and oxygen atoms in total. The molecular weight excluding hydrogens is 228 g/mol. The summed E-state index contributed by atoms with van der Waals surface area (Å²) < 4.78 is 1.79. The van der Waals surface area contributed by atoms with Crippen LogP contribution in [-0.4, -0.2) is 31.7 Å². The van der Waals surface area contributed by atoms with E-state index in [1.54, 1.807) is 4.68 Å². The van der Waals surface area contributed by atoms with Crippen molar-refractivity contribution in [2.45, 2.75) is 63.6 Å². The summed E-state index contributed by atoms with van der Waals surface area (Å²) in [6.45, 7) is 1.94. The third-order valence-electron chi connectivity index (χ3n) is 4.09. The first-order chi connectivity index (χ1) is 8.51. The lowest BCUT2D eigenvalue weighted by Gasteiger charge is -2.32. The van der Waals surface area contributed by atoms with Gasteiger partial charge in [0.05, 0.1) is 17.4 Å². The first kappa shape index (κ1) is 13.6. The Kier molecular flexibility index (Phi) is 4.07. The van der Waals surface area contributed by atoms with Crippen LogP contribution >= 0.6 is 0 Å². The average Bonchev–Trinajstić information content (AvgIpc) is 2.53. The first-order valence-corrected chi connectivity index (χ1v) is 6.91. The quantitative estimate of drug-likeness (QED) is 0.805. The first-order valence-electron chi connectivity index (χ1n) is 6.91. The summed E-state index contributed by atoms with van der Waals surface area (Å²) in [4.78, 5) is 0. The lowest BCUT2D eigenvalue weighted by atomic mass is 9.86. The van der Waals surface area contributed by atoms with Crippen LogP contribution in [0.15, 0.2) is 6.07 Å². The molecule has 1 aliphatic carbocycles. The number of hydrogen-bond acceptors (Lipinski definition) is 3. The van der Waals surface area contributed by atoms with Crippen LogP contribution in [0.4, 0.5) is 0 Å². The molecule has 2 N–H and O–H groups in total. The van der Waals surface area contributed by atoms with E-state index in [0.29, 0.717) is 19.3 Å². The molecule has 1 aromatic rings. The minimum absolute atomic E-state index is 0.480. The molecule has 1 atom stereocenters. The highest BCUT2D eigenvalue weighted by Gasteiger charge is 2.36. The van der Waals surface area contributed by atoms with Crippen molar-refractivity contribution in [3.8, 4) is 0 Å². The van der Waals surface area contributed by atoms with Gasteiger partial charge in [-0.15, -0.1) is 0 Å². The summed E-state index contributed by atoms with van der Waals surface area (Å²) in [5, 5.41) is 25.2. The molecule has 0 bridgehead atoms. The van der Waals surface area contributed by atoms with Gasteiger partial charge in [-0.2, -0.15) is 5.10 Å². The van der Waals surface area contributed by atoms with Gasteiger partial charge >= 0.3 is 0 Å². The molecule has 1 fully saturated rings. The lowest BCUT2D eigenvalue weighted by molar-refractivity contribution is -0.0842. The summed E-state index contributed by atoms with van der Waals surface area (Å²) in [6, 6.07) is 1.98. The van der Waals surface area contributed by atoms with Crippen molar-refractivity contribution < 1.29 is 10.2 Å². The van der Waals surface area contributed by atoms with Crippen LogP contribution in [0.3, 0.4) is 0 Å². The van der Waals surface area contributed by atoms with Crippen LogP contribution in [0.1, 0.15) is 49.9 Å². The van der Waals surface area contributed by atoms with Gasteiger partial charge in [-0.1, -0.05) is 25.7 Å². The Hall–Kier alpha value is -0.870. The molecule has 0 radical (unpaired) electrons. The van der Waals surface area contributed by atoms with Gasteiger partial charge in [0.2, 0.25) is 0 Å². The van der Waals surface area contributed by atoms with Gasteiger partial charge in [0.25, 0.3) is 0 Å². The molecule has 18 heavy (non-hydrogen) atoms. The molecule has 1 aliphatic rings. The molecule has 0 aliphatic heterocycles. The summed E-state index contributed by atoms with van der Waals surface area (Å²) in [7, 11) is 1.88. The third-order valence-corrected chi connectivity index (χ3v) is 4.09. The number of hydrogen-bond donors (Lipinski definition) is 2. The lowest BCUT2D eigenvalue weighted by Crippen LogP contribution is -2.43. The number of nitrogens with zero attached hydrogens (tertiary/aromatic N) is 2. The second-order valence-electron chi connectivity index (χ2n) is 5.64. The fraction of sp³-hybridized carbons (Fsp3) is 0.786. The molecule has 0 amide bonds. The highest BCUT2D eigenvalue weighted by atomic mass is 16.3. The molecule has 0 aromatic carbocycles. The fourth-order valence-corrected chi connectivity index (χ4v) is 2.92. The van der Waals surface area contributed by atoms with Crippen molar-refractivity contribution in [1.82, 2.24) is 9.78 Å². The van der Waals surface area contributed by atoms with E-state index in [4.69, 9.17) is 0 Å². The molecular formula is C14H24N2O2. The summed E-state index contributed by atoms with van der Waals surface area (Å²) in [5.74, 6) is 0. The molecule has 1 heterocycles. The van der Waals surface area contributed by atoms with Gasteiger partial charge in [0.15, 0.2) is 0 Å². The average molecular weight is 252 g/mol. The summed E-state index contributed by atoms with van der Waals surface area (Å²) in [5.41, 5.74) is 1.03. The van der Waals surface area contributed by atoms with Gasteiger partial charge in [-0.25, -0.2) is 0 Å². The molecule has 102 valence electrons. The van der Waals surface area contributed by atoms with E-state index in [1.165, 1.54) is 12.8 Å². The number of aryl methyl sites for hydroxylation is 2. The van der Waals surface area contributed by atoms with E-state index in [9.17, 15) is 10.2 Å². The van der Waals surface area contributed by atoms with E-state index in [2.05, 4.69) is 5.10 Å². The van der Waals surface area contributed by atoms with Crippen LogP contribution in [0.5, 0.6) is 0 Å². The Balaban J connectivity index is 2.06. The largest absolute Gasteiger partial charge is 0.390 e. The maximum atomic E-state index is 10.6. The van der Waals surface area contributed by atoms with E-state index >= 15 is 0 Å². The Bertz CT molecular complexity index is 392. The Labute approximate surface area is 109 Å². The van der Waals surface area contributed by atoms with Crippen LogP contribution in [0, 0.1) is 6.92 Å². The normalized spacial score (nSPS) is 21.6. The molecule has 1 aromatic heterocycles. The van der Waals surface area contributed by atoms with Crippen molar-refractivity contribution in [3.63, 3.8) is 0 Å². The zero-order chi connectivity index (χ0) is 13.2. The molecule has 4 heteroatoms. The van der Waals surface area contributed by atoms with E-state index in [0.717, 1.165) is 24.2 Å². The van der Waals surface area contributed by atoms with Gasteiger partial charge < -0.3 is 10.2 Å². The van der Waals surface area contributed by atoms with E-state index < -0.39 is 11.7 Å². The SMILES string of the molecule is Cc1cc(CC(O)C2(O)CCCCCC2)n(C)n1. The van der Waals surface area contributed by atoms with Crippen LogP contribution in [-0.2, 0) is 13.5 Å². The highest BCUT2D eigenvalue weighted by Crippen LogP contribution is 2.31. The summed E-state index contributed by atoms with van der Waals surface area (Å²) in [6.07, 6.45) is 5.57. The van der Waals surface area contributed by atoms with Gasteiger partial charge in [0, 0.05) is 19.2 Å². The Morgan fingerprint density at radius 2 is 1.94 bits per heavy atom. The number of rotatable bonds is 3. The maximum Gasteiger partial charge on any atom is 0.0909 e. The van der Waals surface area contributed by atoms with Crippen LogP contribution in [0.25, 0.3) is 0 Å². The highest BCUT2D eigenvalue weighted by molar-refractivity contribution is 5.11. The molecule has 0 spiro atoms. The predicted molar refractivity (Wildman–Crippen MR) is 70.3 cm³/mol. The van der Waals surface area contributed by atoms with Crippen molar-refractivity contribution in [2.24, 2.45) is 7.05 Å². The van der Waals surface area contributed by atoms with Crippen LogP contribution < -0.4 is 0 Å². The monoisotopic (exact) mass is 252 g/mol. The van der Waals surface area contributed by atoms with Crippen LogP contribution in [0.2, 0.25) is 0 Å². The van der Waals surface area contributed by atoms with Gasteiger partial charge in [0.1, 0.15) is 0 Å². The second-order valence-corrected chi connectivity index (χ2v) is 5.64. The third kappa shape index (κ3) is 2.93. The number of aliphatic hydroxyl groups excluding tert-OH is 1. The van der Waals surface area contributed by atoms with Crippen molar-refractivity contribution >= 4 is 0 Å². The van der Waals surface area contributed by atoms with Gasteiger partial charge in [-0.05, 0) is 25.8 Å². The molecule has 1 saturated carbocycles. The maximum absolute atomic E-state index is 10.6. The standard InChI is InChI=1S/C14H24N2O2/c1-11-9-12(16(2)15-11)10-13(17)14(18)7-5-3-4-6-8-14/h9,13,17-18H,3-8,10H2,1-2H3. The topological polar surface area (TPSA) is 58.3 Å². The van der Waals surface area contributed by atoms with Crippen molar-refractivity contribution in [2.75, 3.05) is 0 Å². The van der Waals surface area contributed by atoms with E-state index in [1.807, 2.05) is 20.0 Å². The Morgan fingerprint density at radius 3 is 2.44 bits per heavy atom. The Morgan fingerprint density at radius 1 is 1.33 bits per heavy atom. The summed E-state index contributed by atoms with van der Waals surface area (Å²) >= 11 is 0. The molecule has 1 unspecified atom stereocenters. The number of aromatic nitrogens is 2.